The van der Waals surface area contributed by atoms with Gasteiger partial charge >= 0.3 is 0 Å². The Labute approximate surface area is 176 Å². The number of likely N-dealkylation sites (N-methyl/N-ethyl adjacent to an activating group) is 1. The molecule has 3 aromatic rings. The molecule has 0 fully saturated rings. The highest BCUT2D eigenvalue weighted by Gasteiger charge is 2.25. The molecule has 0 saturated heterocycles. The molecule has 0 bridgehead atoms. The van der Waals surface area contributed by atoms with Crippen molar-refractivity contribution >= 4 is 21.7 Å². The normalized spacial score (nSPS) is 12.2. The van der Waals surface area contributed by atoms with Gasteiger partial charge in [0.2, 0.25) is 15.9 Å². The van der Waals surface area contributed by atoms with Gasteiger partial charge in [-0.15, -0.1) is 0 Å². The maximum Gasteiger partial charge on any atom is 0.243 e. The van der Waals surface area contributed by atoms with Crippen molar-refractivity contribution in [2.45, 2.75) is 31.1 Å². The molecule has 0 aliphatic carbocycles. The van der Waals surface area contributed by atoms with E-state index in [1.807, 2.05) is 26.8 Å². The maximum absolute atomic E-state index is 12.7. The fourth-order valence-electron chi connectivity index (χ4n) is 2.73. The van der Waals surface area contributed by atoms with Crippen molar-refractivity contribution in [1.82, 2.24) is 19.1 Å². The van der Waals surface area contributed by atoms with E-state index in [9.17, 15) is 13.2 Å². The monoisotopic (exact) mass is 427 g/mol. The summed E-state index contributed by atoms with van der Waals surface area (Å²) in [6.07, 6.45) is 1.64. The third kappa shape index (κ3) is 4.74. The molecule has 1 aromatic carbocycles. The second-order valence-electron chi connectivity index (χ2n) is 7.89. The number of nitrogens with zero attached hydrogens (tertiary/aromatic N) is 4. The van der Waals surface area contributed by atoms with Gasteiger partial charge in [-0.25, -0.2) is 13.4 Å². The van der Waals surface area contributed by atoms with E-state index in [-0.39, 0.29) is 16.9 Å². The van der Waals surface area contributed by atoms with E-state index >= 15 is 0 Å². The molecule has 0 aliphatic rings. The van der Waals surface area contributed by atoms with Crippen molar-refractivity contribution in [3.8, 4) is 5.82 Å². The summed E-state index contributed by atoms with van der Waals surface area (Å²) in [7, 11) is -2.40. The predicted octanol–water partition coefficient (Wildman–Crippen LogP) is 2.82. The van der Waals surface area contributed by atoms with Gasteiger partial charge in [-0.3, -0.25) is 4.79 Å². The Hall–Kier alpha value is -3.04. The summed E-state index contributed by atoms with van der Waals surface area (Å²) in [6, 6.07) is 15.2. The highest BCUT2D eigenvalue weighted by molar-refractivity contribution is 7.89. The van der Waals surface area contributed by atoms with E-state index < -0.39 is 15.9 Å². The van der Waals surface area contributed by atoms with E-state index in [1.54, 1.807) is 47.3 Å². The smallest absolute Gasteiger partial charge is 0.243 e. The minimum absolute atomic E-state index is 0.133. The van der Waals surface area contributed by atoms with Crippen LogP contribution >= 0.6 is 0 Å². The van der Waals surface area contributed by atoms with E-state index in [0.717, 1.165) is 10.00 Å². The van der Waals surface area contributed by atoms with Gasteiger partial charge in [0.05, 0.1) is 17.1 Å². The number of aromatic nitrogens is 3. The molecule has 1 N–H and O–H groups in total. The molecule has 0 aliphatic heterocycles. The minimum Gasteiger partial charge on any atom is -0.309 e. The number of carbonyl (C=O) groups is 1. The Morgan fingerprint density at radius 1 is 1.10 bits per heavy atom. The number of benzene rings is 1. The van der Waals surface area contributed by atoms with Gasteiger partial charge in [0.1, 0.15) is 5.82 Å². The lowest BCUT2D eigenvalue weighted by molar-refractivity contribution is -0.116. The summed E-state index contributed by atoms with van der Waals surface area (Å²) in [4.78, 5) is 17.1. The summed E-state index contributed by atoms with van der Waals surface area (Å²) >= 11 is 0. The number of hydrogen-bond donors (Lipinski definition) is 1. The Morgan fingerprint density at radius 2 is 1.77 bits per heavy atom. The van der Waals surface area contributed by atoms with E-state index in [4.69, 9.17) is 0 Å². The molecular weight excluding hydrogens is 402 g/mol. The number of nitrogens with one attached hydrogen (secondary N) is 1. The highest BCUT2D eigenvalue weighted by atomic mass is 32.2. The zero-order valence-corrected chi connectivity index (χ0v) is 18.2. The largest absolute Gasteiger partial charge is 0.309 e. The molecule has 9 heteroatoms. The van der Waals surface area contributed by atoms with Crippen LogP contribution in [-0.2, 0) is 20.2 Å². The summed E-state index contributed by atoms with van der Waals surface area (Å²) in [5.74, 6) is 0.497. The average Bonchev–Trinajstić information content (AvgIpc) is 3.13. The minimum atomic E-state index is -3.77. The summed E-state index contributed by atoms with van der Waals surface area (Å²) < 4.78 is 27.9. The second kappa shape index (κ2) is 8.37. The van der Waals surface area contributed by atoms with Gasteiger partial charge in [0.25, 0.3) is 0 Å². The number of sulfonamides is 1. The molecular formula is C21H25N5O3S. The lowest BCUT2D eigenvalue weighted by Crippen LogP contribution is -2.35. The molecule has 3 rings (SSSR count). The SMILES string of the molecule is CN(CC(=O)Nc1cc(C(C)(C)C)nn1-c1ccccn1)S(=O)(=O)c1ccccc1. The lowest BCUT2D eigenvalue weighted by Gasteiger charge is -2.17. The number of hydrogen-bond acceptors (Lipinski definition) is 5. The number of amides is 1. The van der Waals surface area contributed by atoms with E-state index in [1.165, 1.54) is 19.2 Å². The molecule has 158 valence electrons. The fourth-order valence-corrected chi connectivity index (χ4v) is 3.88. The molecule has 2 aromatic heterocycles. The number of pyridine rings is 1. The van der Waals surface area contributed by atoms with Crippen LogP contribution < -0.4 is 5.32 Å². The molecule has 0 spiro atoms. The Morgan fingerprint density at radius 3 is 2.37 bits per heavy atom. The molecule has 0 saturated carbocycles. The highest BCUT2D eigenvalue weighted by Crippen LogP contribution is 2.25. The van der Waals surface area contributed by atoms with Crippen molar-refractivity contribution in [1.29, 1.82) is 0 Å². The number of carbonyl (C=O) groups excluding carboxylic acids is 1. The van der Waals surface area contributed by atoms with E-state index in [0.29, 0.717) is 11.6 Å². The van der Waals surface area contributed by atoms with Gasteiger partial charge in [-0.2, -0.15) is 14.1 Å². The zero-order chi connectivity index (χ0) is 21.9. The van der Waals surface area contributed by atoms with Crippen LogP contribution in [0.1, 0.15) is 26.5 Å². The van der Waals surface area contributed by atoms with Crippen molar-refractivity contribution < 1.29 is 13.2 Å². The summed E-state index contributed by atoms with van der Waals surface area (Å²) in [5.41, 5.74) is 0.529. The van der Waals surface area contributed by atoms with Crippen LogP contribution in [0.5, 0.6) is 0 Å². The van der Waals surface area contributed by atoms with Crippen LogP contribution in [0.3, 0.4) is 0 Å². The van der Waals surface area contributed by atoms with Gasteiger partial charge in [0, 0.05) is 24.7 Å². The number of anilines is 1. The summed E-state index contributed by atoms with van der Waals surface area (Å²) in [5, 5.41) is 7.36. The Kier molecular flexibility index (Phi) is 6.04. The molecule has 30 heavy (non-hydrogen) atoms. The van der Waals surface area contributed by atoms with Gasteiger partial charge in [-0.05, 0) is 24.3 Å². The first-order valence-corrected chi connectivity index (χ1v) is 10.9. The zero-order valence-electron chi connectivity index (χ0n) is 17.4. The average molecular weight is 428 g/mol. The molecule has 0 radical (unpaired) electrons. The topological polar surface area (TPSA) is 97.2 Å². The first kappa shape index (κ1) is 21.7. The first-order valence-electron chi connectivity index (χ1n) is 9.42. The quantitative estimate of drug-likeness (QED) is 0.652. The molecule has 8 nitrogen and oxygen atoms in total. The fraction of sp³-hybridized carbons (Fsp3) is 0.286. The van der Waals surface area contributed by atoms with Gasteiger partial charge < -0.3 is 5.32 Å². The van der Waals surface area contributed by atoms with Crippen LogP contribution in [0.4, 0.5) is 5.82 Å². The molecule has 2 heterocycles. The Bertz CT molecular complexity index is 1120. The van der Waals surface area contributed by atoms with Crippen LogP contribution in [0.2, 0.25) is 0 Å². The van der Waals surface area contributed by atoms with Crippen LogP contribution in [-0.4, -0.2) is 47.0 Å². The van der Waals surface area contributed by atoms with Crippen molar-refractivity contribution in [3.05, 3.63) is 66.5 Å². The Balaban J connectivity index is 1.83. The second-order valence-corrected chi connectivity index (χ2v) is 9.93. The molecule has 0 atom stereocenters. The number of rotatable bonds is 6. The summed E-state index contributed by atoms with van der Waals surface area (Å²) in [6.45, 7) is 5.72. The third-order valence-electron chi connectivity index (χ3n) is 4.43. The predicted molar refractivity (Wildman–Crippen MR) is 115 cm³/mol. The molecule has 1 amide bonds. The van der Waals surface area contributed by atoms with Crippen LogP contribution in [0.25, 0.3) is 5.82 Å². The van der Waals surface area contributed by atoms with Crippen LogP contribution in [0.15, 0.2) is 65.7 Å². The maximum atomic E-state index is 12.7. The van der Waals surface area contributed by atoms with Crippen molar-refractivity contribution in [2.24, 2.45) is 0 Å². The standard InChI is InChI=1S/C21H25N5O3S/c1-21(2,3)17-14-19(26(24-17)18-12-8-9-13-22-18)23-20(27)15-25(4)30(28,29)16-10-6-5-7-11-16/h5-14H,15H2,1-4H3,(H,23,27). The van der Waals surface area contributed by atoms with Crippen LogP contribution in [0, 0.1) is 0 Å². The third-order valence-corrected chi connectivity index (χ3v) is 6.25. The lowest BCUT2D eigenvalue weighted by atomic mass is 9.92. The van der Waals surface area contributed by atoms with Gasteiger partial charge in [-0.1, -0.05) is 45.0 Å². The van der Waals surface area contributed by atoms with Crippen molar-refractivity contribution in [3.63, 3.8) is 0 Å². The molecule has 0 unspecified atom stereocenters. The first-order chi connectivity index (χ1) is 14.1. The van der Waals surface area contributed by atoms with Crippen molar-refractivity contribution in [2.75, 3.05) is 18.9 Å². The van der Waals surface area contributed by atoms with E-state index in [2.05, 4.69) is 15.4 Å². The van der Waals surface area contributed by atoms with Gasteiger partial charge in [0.15, 0.2) is 5.82 Å².